The molecule has 0 spiro atoms. The third kappa shape index (κ3) is 4.58. The summed E-state index contributed by atoms with van der Waals surface area (Å²) in [6, 6.07) is 0. The standard InChI is InChI=1S/C8H16S/c1-5-7(3)9-8(4)6-2/h5,8H,6H2,1-4H3/b7-5-. The summed E-state index contributed by atoms with van der Waals surface area (Å²) in [4.78, 5) is 1.43. The van der Waals surface area contributed by atoms with Gasteiger partial charge in [-0.15, -0.1) is 11.8 Å². The highest BCUT2D eigenvalue weighted by atomic mass is 32.2. The smallest absolute Gasteiger partial charge is 0.00600 e. The molecule has 0 aromatic heterocycles. The molecule has 0 fully saturated rings. The summed E-state index contributed by atoms with van der Waals surface area (Å²) in [6.45, 7) is 8.74. The first-order chi connectivity index (χ1) is 4.20. The molecule has 0 aromatic rings. The molecule has 0 heterocycles. The molecule has 0 radical (unpaired) electrons. The van der Waals surface area contributed by atoms with Crippen molar-refractivity contribution in [3.8, 4) is 0 Å². The highest BCUT2D eigenvalue weighted by Crippen LogP contribution is 2.22. The topological polar surface area (TPSA) is 0 Å². The largest absolute Gasteiger partial charge is 0.128 e. The van der Waals surface area contributed by atoms with Crippen molar-refractivity contribution in [1.29, 1.82) is 0 Å². The Kier molecular flexibility index (Phi) is 4.97. The highest BCUT2D eigenvalue weighted by molar-refractivity contribution is 8.03. The summed E-state index contributed by atoms with van der Waals surface area (Å²) in [7, 11) is 0. The van der Waals surface area contributed by atoms with Crippen LogP contribution in [0.5, 0.6) is 0 Å². The second-order valence-electron chi connectivity index (χ2n) is 2.24. The fourth-order valence-electron chi connectivity index (χ4n) is 0.469. The van der Waals surface area contributed by atoms with Gasteiger partial charge in [-0.2, -0.15) is 0 Å². The van der Waals surface area contributed by atoms with E-state index in [4.69, 9.17) is 0 Å². The first-order valence-electron chi connectivity index (χ1n) is 3.50. The van der Waals surface area contributed by atoms with Gasteiger partial charge < -0.3 is 0 Å². The highest BCUT2D eigenvalue weighted by Gasteiger charge is 1.97. The van der Waals surface area contributed by atoms with Gasteiger partial charge in [0.25, 0.3) is 0 Å². The Balaban J connectivity index is 3.47. The number of hydrogen-bond acceptors (Lipinski definition) is 1. The van der Waals surface area contributed by atoms with E-state index >= 15 is 0 Å². The minimum absolute atomic E-state index is 0.779. The van der Waals surface area contributed by atoms with Crippen LogP contribution in [0.4, 0.5) is 0 Å². The molecule has 54 valence electrons. The zero-order chi connectivity index (χ0) is 7.28. The number of thioether (sulfide) groups is 1. The van der Waals surface area contributed by atoms with Crippen LogP contribution in [-0.4, -0.2) is 5.25 Å². The van der Waals surface area contributed by atoms with Crippen LogP contribution < -0.4 is 0 Å². The predicted octanol–water partition coefficient (Wildman–Crippen LogP) is 3.44. The maximum absolute atomic E-state index is 2.26. The minimum Gasteiger partial charge on any atom is -0.128 e. The van der Waals surface area contributed by atoms with Crippen molar-refractivity contribution in [2.45, 2.75) is 39.4 Å². The fourth-order valence-corrected chi connectivity index (χ4v) is 1.41. The normalized spacial score (nSPS) is 15.8. The SMILES string of the molecule is C/C=C(/C)SC(C)CC. The van der Waals surface area contributed by atoms with E-state index in [2.05, 4.69) is 33.8 Å². The number of hydrogen-bond donors (Lipinski definition) is 0. The van der Waals surface area contributed by atoms with Gasteiger partial charge in [-0.3, -0.25) is 0 Å². The Labute approximate surface area is 62.7 Å². The zero-order valence-electron chi connectivity index (χ0n) is 6.77. The van der Waals surface area contributed by atoms with Crippen molar-refractivity contribution in [3.63, 3.8) is 0 Å². The lowest BCUT2D eigenvalue weighted by Crippen LogP contribution is -1.90. The van der Waals surface area contributed by atoms with Gasteiger partial charge in [-0.05, 0) is 25.2 Å². The third-order valence-electron chi connectivity index (χ3n) is 1.37. The van der Waals surface area contributed by atoms with Crippen LogP contribution in [0.1, 0.15) is 34.1 Å². The van der Waals surface area contributed by atoms with E-state index in [9.17, 15) is 0 Å². The van der Waals surface area contributed by atoms with Crippen molar-refractivity contribution < 1.29 is 0 Å². The van der Waals surface area contributed by atoms with E-state index in [0.29, 0.717) is 0 Å². The molecule has 0 amide bonds. The van der Waals surface area contributed by atoms with Crippen LogP contribution in [0.25, 0.3) is 0 Å². The molecule has 0 aliphatic carbocycles. The van der Waals surface area contributed by atoms with E-state index in [1.54, 1.807) is 0 Å². The zero-order valence-corrected chi connectivity index (χ0v) is 7.59. The van der Waals surface area contributed by atoms with Crippen molar-refractivity contribution in [2.24, 2.45) is 0 Å². The Bertz CT molecular complexity index is 94.7. The van der Waals surface area contributed by atoms with Crippen molar-refractivity contribution >= 4 is 11.8 Å². The maximum atomic E-state index is 2.26. The molecule has 0 aromatic carbocycles. The molecule has 0 aliphatic rings. The lowest BCUT2D eigenvalue weighted by atomic mass is 10.4. The second-order valence-corrected chi connectivity index (χ2v) is 3.92. The van der Waals surface area contributed by atoms with Gasteiger partial charge >= 0.3 is 0 Å². The van der Waals surface area contributed by atoms with Crippen molar-refractivity contribution in [1.82, 2.24) is 0 Å². The van der Waals surface area contributed by atoms with E-state index in [0.717, 1.165) is 5.25 Å². The van der Waals surface area contributed by atoms with Crippen LogP contribution in [0.15, 0.2) is 11.0 Å². The van der Waals surface area contributed by atoms with Crippen molar-refractivity contribution in [2.75, 3.05) is 0 Å². The van der Waals surface area contributed by atoms with E-state index in [1.165, 1.54) is 11.3 Å². The second kappa shape index (κ2) is 4.92. The molecule has 0 N–H and O–H groups in total. The Morgan fingerprint density at radius 1 is 1.67 bits per heavy atom. The summed E-state index contributed by atoms with van der Waals surface area (Å²) >= 11 is 1.96. The Morgan fingerprint density at radius 3 is 2.56 bits per heavy atom. The molecular formula is C8H16S. The van der Waals surface area contributed by atoms with Crippen LogP contribution in [0, 0.1) is 0 Å². The minimum atomic E-state index is 0.779. The van der Waals surface area contributed by atoms with Crippen LogP contribution in [0.2, 0.25) is 0 Å². The predicted molar refractivity (Wildman–Crippen MR) is 46.8 cm³/mol. The average molecular weight is 144 g/mol. The van der Waals surface area contributed by atoms with Gasteiger partial charge in [-0.1, -0.05) is 19.9 Å². The van der Waals surface area contributed by atoms with Gasteiger partial charge in [0.05, 0.1) is 0 Å². The average Bonchev–Trinajstić information content (AvgIpc) is 1.87. The monoisotopic (exact) mass is 144 g/mol. The summed E-state index contributed by atoms with van der Waals surface area (Å²) < 4.78 is 0. The summed E-state index contributed by atoms with van der Waals surface area (Å²) in [5.74, 6) is 0. The van der Waals surface area contributed by atoms with E-state index in [1.807, 2.05) is 11.8 Å². The molecule has 1 atom stereocenters. The first-order valence-corrected chi connectivity index (χ1v) is 4.38. The molecule has 1 unspecified atom stereocenters. The van der Waals surface area contributed by atoms with Crippen LogP contribution in [0.3, 0.4) is 0 Å². The van der Waals surface area contributed by atoms with Gasteiger partial charge in [0.1, 0.15) is 0 Å². The molecule has 0 nitrogen and oxygen atoms in total. The van der Waals surface area contributed by atoms with Gasteiger partial charge in [0, 0.05) is 5.25 Å². The first kappa shape index (κ1) is 9.09. The lowest BCUT2D eigenvalue weighted by molar-refractivity contribution is 0.908. The van der Waals surface area contributed by atoms with Gasteiger partial charge in [0.2, 0.25) is 0 Å². The van der Waals surface area contributed by atoms with E-state index < -0.39 is 0 Å². The number of rotatable bonds is 3. The molecule has 1 heteroatoms. The molecule has 0 bridgehead atoms. The number of allylic oxidation sites excluding steroid dienone is 2. The molecule has 9 heavy (non-hydrogen) atoms. The Morgan fingerprint density at radius 2 is 2.22 bits per heavy atom. The van der Waals surface area contributed by atoms with Gasteiger partial charge in [-0.25, -0.2) is 0 Å². The van der Waals surface area contributed by atoms with Gasteiger partial charge in [0.15, 0.2) is 0 Å². The summed E-state index contributed by atoms with van der Waals surface area (Å²) in [6.07, 6.45) is 3.42. The molecule has 0 aliphatic heterocycles. The lowest BCUT2D eigenvalue weighted by Gasteiger charge is -2.06. The van der Waals surface area contributed by atoms with Crippen LogP contribution in [-0.2, 0) is 0 Å². The van der Waals surface area contributed by atoms with Crippen LogP contribution >= 0.6 is 11.8 Å². The summed E-state index contributed by atoms with van der Waals surface area (Å²) in [5, 5.41) is 0.779. The maximum Gasteiger partial charge on any atom is 0.00600 e. The summed E-state index contributed by atoms with van der Waals surface area (Å²) in [5.41, 5.74) is 0. The molecular weight excluding hydrogens is 128 g/mol. The van der Waals surface area contributed by atoms with Crippen molar-refractivity contribution in [3.05, 3.63) is 11.0 Å². The fraction of sp³-hybridized carbons (Fsp3) is 0.750. The Hall–Kier alpha value is 0.0900. The quantitative estimate of drug-likeness (QED) is 0.584. The third-order valence-corrected chi connectivity index (χ3v) is 2.71. The molecule has 0 saturated carbocycles. The van der Waals surface area contributed by atoms with E-state index in [-0.39, 0.29) is 0 Å². The molecule has 0 saturated heterocycles. The molecule has 0 rings (SSSR count).